The minimum Gasteiger partial charge on any atom is -0.465 e. The summed E-state index contributed by atoms with van der Waals surface area (Å²) in [6.07, 6.45) is -1.13. The van der Waals surface area contributed by atoms with Crippen LogP contribution in [0.25, 0.3) is 0 Å². The SMILES string of the molecule is CC(CNC(=O)O)N=O. The van der Waals surface area contributed by atoms with E-state index in [0.29, 0.717) is 0 Å². The van der Waals surface area contributed by atoms with Gasteiger partial charge in [0.15, 0.2) is 0 Å². The molecule has 1 atom stereocenters. The number of amides is 1. The van der Waals surface area contributed by atoms with Crippen LogP contribution >= 0.6 is 0 Å². The zero-order valence-electron chi connectivity index (χ0n) is 5.00. The van der Waals surface area contributed by atoms with Crippen LogP contribution in [0.4, 0.5) is 4.79 Å². The third-order valence-corrected chi connectivity index (χ3v) is 0.729. The van der Waals surface area contributed by atoms with Gasteiger partial charge in [-0.05, 0) is 6.92 Å². The summed E-state index contributed by atoms with van der Waals surface area (Å²) >= 11 is 0. The van der Waals surface area contributed by atoms with E-state index in [1.165, 1.54) is 6.92 Å². The Kier molecular flexibility index (Phi) is 3.34. The molecule has 1 amide bonds. The van der Waals surface area contributed by atoms with Crippen molar-refractivity contribution in [2.24, 2.45) is 5.18 Å². The zero-order valence-corrected chi connectivity index (χ0v) is 5.00. The fraction of sp³-hybridized carbons (Fsp3) is 0.750. The number of nitrogens with zero attached hydrogens (tertiary/aromatic N) is 1. The zero-order chi connectivity index (χ0) is 7.28. The Balaban J connectivity index is 3.26. The first kappa shape index (κ1) is 7.87. The standard InChI is InChI=1S/C4H8N2O3/c1-3(6-9)2-5-4(7)8/h3,5H,2H2,1H3,(H,7,8). The Morgan fingerprint density at radius 3 is 2.78 bits per heavy atom. The van der Waals surface area contributed by atoms with Crippen molar-refractivity contribution in [3.05, 3.63) is 4.91 Å². The molecule has 0 aliphatic carbocycles. The molecule has 0 saturated heterocycles. The molecule has 0 radical (unpaired) electrons. The lowest BCUT2D eigenvalue weighted by Crippen LogP contribution is -2.27. The first-order valence-corrected chi connectivity index (χ1v) is 2.46. The number of hydrogen-bond acceptors (Lipinski definition) is 3. The molecule has 0 aromatic rings. The average Bonchev–Trinajstić information content (AvgIpc) is 1.83. The van der Waals surface area contributed by atoms with Crippen LogP contribution in [0.5, 0.6) is 0 Å². The van der Waals surface area contributed by atoms with E-state index in [4.69, 9.17) is 5.11 Å². The summed E-state index contributed by atoms with van der Waals surface area (Å²) in [5.41, 5.74) is 0. The predicted molar refractivity (Wildman–Crippen MR) is 31.3 cm³/mol. The minimum absolute atomic E-state index is 0.0822. The van der Waals surface area contributed by atoms with Gasteiger partial charge in [-0.2, -0.15) is 4.91 Å². The van der Waals surface area contributed by atoms with Crippen molar-refractivity contribution in [2.75, 3.05) is 6.54 Å². The van der Waals surface area contributed by atoms with E-state index in [-0.39, 0.29) is 6.54 Å². The van der Waals surface area contributed by atoms with Crippen LogP contribution in [0.1, 0.15) is 6.92 Å². The van der Waals surface area contributed by atoms with Gasteiger partial charge >= 0.3 is 6.09 Å². The topological polar surface area (TPSA) is 78.8 Å². The number of hydrogen-bond donors (Lipinski definition) is 2. The van der Waals surface area contributed by atoms with Crippen molar-refractivity contribution in [3.63, 3.8) is 0 Å². The second-order valence-electron chi connectivity index (χ2n) is 1.64. The largest absolute Gasteiger partial charge is 0.465 e. The summed E-state index contributed by atoms with van der Waals surface area (Å²) in [6.45, 7) is 1.61. The van der Waals surface area contributed by atoms with Gasteiger partial charge in [-0.25, -0.2) is 4.79 Å². The van der Waals surface area contributed by atoms with Gasteiger partial charge in [0, 0.05) is 6.54 Å². The summed E-state index contributed by atoms with van der Waals surface area (Å²) in [6, 6.07) is -0.485. The third-order valence-electron chi connectivity index (χ3n) is 0.729. The Hall–Kier alpha value is -1.13. The van der Waals surface area contributed by atoms with Crippen molar-refractivity contribution in [1.82, 2.24) is 5.32 Å². The number of rotatable bonds is 3. The number of nitrogens with one attached hydrogen (secondary N) is 1. The lowest BCUT2D eigenvalue weighted by atomic mass is 10.4. The summed E-state index contributed by atoms with van der Waals surface area (Å²) < 4.78 is 0. The molecule has 0 aliphatic rings. The fourth-order valence-electron chi connectivity index (χ4n) is 0.272. The van der Waals surface area contributed by atoms with Gasteiger partial charge < -0.3 is 10.4 Å². The molecule has 0 rings (SSSR count). The van der Waals surface area contributed by atoms with Gasteiger partial charge in [0.1, 0.15) is 6.04 Å². The highest BCUT2D eigenvalue weighted by Gasteiger charge is 2.00. The van der Waals surface area contributed by atoms with Gasteiger partial charge in [0.2, 0.25) is 0 Å². The van der Waals surface area contributed by atoms with E-state index in [2.05, 4.69) is 5.18 Å². The molecule has 0 aromatic carbocycles. The highest BCUT2D eigenvalue weighted by atomic mass is 16.4. The smallest absolute Gasteiger partial charge is 0.404 e. The fourth-order valence-corrected chi connectivity index (χ4v) is 0.272. The molecule has 0 spiro atoms. The summed E-state index contributed by atoms with van der Waals surface area (Å²) in [5.74, 6) is 0. The number of carboxylic acid groups (broad SMARTS) is 1. The molecule has 0 aromatic heterocycles. The highest BCUT2D eigenvalue weighted by molar-refractivity contribution is 5.64. The normalized spacial score (nSPS) is 12.1. The van der Waals surface area contributed by atoms with E-state index in [1.807, 2.05) is 5.32 Å². The molecular formula is C4H8N2O3. The molecule has 2 N–H and O–H groups in total. The Bertz CT molecular complexity index is 114. The molecular weight excluding hydrogens is 124 g/mol. The quantitative estimate of drug-likeness (QED) is 0.546. The molecule has 0 fully saturated rings. The first-order valence-electron chi connectivity index (χ1n) is 2.46. The van der Waals surface area contributed by atoms with Crippen LogP contribution in [0.2, 0.25) is 0 Å². The van der Waals surface area contributed by atoms with E-state index >= 15 is 0 Å². The molecule has 0 bridgehead atoms. The second-order valence-corrected chi connectivity index (χ2v) is 1.64. The van der Waals surface area contributed by atoms with Crippen LogP contribution in [0, 0.1) is 4.91 Å². The summed E-state index contributed by atoms with van der Waals surface area (Å²) in [5, 5.41) is 12.6. The van der Waals surface area contributed by atoms with Crippen LogP contribution < -0.4 is 5.32 Å². The Morgan fingerprint density at radius 2 is 2.44 bits per heavy atom. The van der Waals surface area contributed by atoms with Crippen molar-refractivity contribution in [3.8, 4) is 0 Å². The summed E-state index contributed by atoms with van der Waals surface area (Å²) in [7, 11) is 0. The molecule has 9 heavy (non-hydrogen) atoms. The molecule has 5 nitrogen and oxygen atoms in total. The van der Waals surface area contributed by atoms with Gasteiger partial charge in [-0.3, -0.25) is 0 Å². The number of nitroso groups, excluding NO2 is 1. The van der Waals surface area contributed by atoms with Crippen LogP contribution in [0.15, 0.2) is 5.18 Å². The van der Waals surface area contributed by atoms with Gasteiger partial charge in [-0.15, -0.1) is 0 Å². The van der Waals surface area contributed by atoms with E-state index in [0.717, 1.165) is 0 Å². The maximum absolute atomic E-state index is 9.76. The van der Waals surface area contributed by atoms with Crippen molar-refractivity contribution >= 4 is 6.09 Å². The lowest BCUT2D eigenvalue weighted by molar-refractivity contribution is 0.194. The Labute approximate surface area is 52.0 Å². The molecule has 1 unspecified atom stereocenters. The summed E-state index contributed by atoms with van der Waals surface area (Å²) in [4.78, 5) is 19.4. The predicted octanol–water partition coefficient (Wildman–Crippen LogP) is 0.409. The number of carbonyl (C=O) groups is 1. The van der Waals surface area contributed by atoms with Crippen LogP contribution in [-0.4, -0.2) is 23.8 Å². The van der Waals surface area contributed by atoms with Gasteiger partial charge in [-0.1, -0.05) is 5.18 Å². The molecule has 0 heterocycles. The maximum atomic E-state index is 9.76. The van der Waals surface area contributed by atoms with Crippen LogP contribution in [-0.2, 0) is 0 Å². The van der Waals surface area contributed by atoms with Gasteiger partial charge in [0.25, 0.3) is 0 Å². The molecule has 52 valence electrons. The van der Waals surface area contributed by atoms with Crippen molar-refractivity contribution < 1.29 is 9.90 Å². The molecule has 0 aliphatic heterocycles. The lowest BCUT2D eigenvalue weighted by Gasteiger charge is -1.99. The second kappa shape index (κ2) is 3.82. The molecule has 5 heteroatoms. The van der Waals surface area contributed by atoms with Crippen molar-refractivity contribution in [1.29, 1.82) is 0 Å². The minimum atomic E-state index is -1.13. The third kappa shape index (κ3) is 4.73. The van der Waals surface area contributed by atoms with E-state index in [1.54, 1.807) is 0 Å². The molecule has 0 saturated carbocycles. The monoisotopic (exact) mass is 132 g/mol. The first-order chi connectivity index (χ1) is 4.16. The van der Waals surface area contributed by atoms with E-state index < -0.39 is 12.1 Å². The Morgan fingerprint density at radius 1 is 1.89 bits per heavy atom. The van der Waals surface area contributed by atoms with Crippen LogP contribution in [0.3, 0.4) is 0 Å². The maximum Gasteiger partial charge on any atom is 0.404 e. The highest BCUT2D eigenvalue weighted by Crippen LogP contribution is 1.82. The van der Waals surface area contributed by atoms with E-state index in [9.17, 15) is 9.70 Å². The average molecular weight is 132 g/mol. The van der Waals surface area contributed by atoms with Crippen molar-refractivity contribution in [2.45, 2.75) is 13.0 Å². The van der Waals surface area contributed by atoms with Gasteiger partial charge in [0.05, 0.1) is 0 Å².